The van der Waals surface area contributed by atoms with Gasteiger partial charge >= 0.3 is 35.2 Å². The summed E-state index contributed by atoms with van der Waals surface area (Å²) < 4.78 is 33.9. The van der Waals surface area contributed by atoms with Crippen molar-refractivity contribution in [3.05, 3.63) is 46.3 Å². The zero-order valence-electron chi connectivity index (χ0n) is 16.0. The minimum atomic E-state index is -5.21. The van der Waals surface area contributed by atoms with Crippen LogP contribution >= 0.6 is 11.6 Å². The number of phenols is 1. The maximum Gasteiger partial charge on any atom is 1.00 e. The molecule has 0 saturated heterocycles. The summed E-state index contributed by atoms with van der Waals surface area (Å²) in [7, 11) is -5.21. The number of halogens is 1. The second-order valence-electron chi connectivity index (χ2n) is 6.03. The van der Waals surface area contributed by atoms with Crippen molar-refractivity contribution in [2.24, 2.45) is 15.3 Å². The number of hydrogen-bond acceptors (Lipinski definition) is 9. The van der Waals surface area contributed by atoms with Crippen molar-refractivity contribution in [1.29, 1.82) is 0 Å². The van der Waals surface area contributed by atoms with E-state index in [4.69, 9.17) is 16.8 Å². The molecule has 1 aliphatic rings. The van der Waals surface area contributed by atoms with E-state index in [1.807, 2.05) is 0 Å². The largest absolute Gasteiger partial charge is 1.00 e. The Morgan fingerprint density at radius 3 is 2.55 bits per heavy atom. The van der Waals surface area contributed by atoms with Gasteiger partial charge in [-0.1, -0.05) is 17.7 Å². The van der Waals surface area contributed by atoms with Crippen LogP contribution in [0.4, 0.5) is 17.1 Å². The van der Waals surface area contributed by atoms with Crippen molar-refractivity contribution in [3.8, 4) is 5.75 Å². The molecule has 0 radical (unpaired) electrons. The zero-order chi connectivity index (χ0) is 22.2. The number of aromatic hydroxyl groups is 1. The summed E-state index contributed by atoms with van der Waals surface area (Å²) in [6.07, 6.45) is 0. The number of rotatable bonds is 5. The number of phenolic OH excluding ortho intramolecular Hbond substituents is 1. The number of carbonyl (C=O) groups excluding carboxylic acids is 1. The van der Waals surface area contributed by atoms with Crippen LogP contribution in [0.15, 0.2) is 56.6 Å². The molecular weight excluding hydrogens is 465 g/mol. The van der Waals surface area contributed by atoms with Crippen molar-refractivity contribution in [1.82, 2.24) is 0 Å². The second-order valence-corrected chi connectivity index (χ2v) is 7.81. The minimum absolute atomic E-state index is 0. The number of benzene rings is 2. The van der Waals surface area contributed by atoms with Crippen molar-refractivity contribution in [3.63, 3.8) is 0 Å². The Labute approximate surface area is 202 Å². The first-order chi connectivity index (χ1) is 14.0. The molecule has 0 aromatic heterocycles. The average Bonchev–Trinajstić information content (AvgIpc) is 2.93. The van der Waals surface area contributed by atoms with E-state index in [-0.39, 0.29) is 35.3 Å². The number of amides is 1. The first-order valence-corrected chi connectivity index (χ1v) is 9.82. The molecule has 3 rings (SSSR count). The van der Waals surface area contributed by atoms with E-state index >= 15 is 0 Å². The van der Waals surface area contributed by atoms with E-state index in [1.165, 1.54) is 13.0 Å². The van der Waals surface area contributed by atoms with E-state index in [0.29, 0.717) is 16.8 Å². The SMILES string of the molecule is CC1=NN(c2cccc(Cl)c2)C(=O)C1N=Nc1cc([N+](=O)O)cc(S(=O)(=O)[O-])c1O.[Na+]. The zero-order valence-corrected chi connectivity index (χ0v) is 19.6. The fourth-order valence-corrected chi connectivity index (χ4v) is 3.35. The fraction of sp³-hybridized carbons (Fsp3) is 0.125. The van der Waals surface area contributed by atoms with Crippen molar-refractivity contribution in [2.45, 2.75) is 17.9 Å². The summed E-state index contributed by atoms with van der Waals surface area (Å²) in [5, 5.41) is 31.9. The molecule has 1 atom stereocenters. The number of hydrogen-bond donors (Lipinski definition) is 2. The molecule has 0 bridgehead atoms. The van der Waals surface area contributed by atoms with Crippen LogP contribution in [0.5, 0.6) is 5.75 Å². The number of hydrazone groups is 1. The average molecular weight is 477 g/mol. The molecule has 2 N–H and O–H groups in total. The van der Waals surface area contributed by atoms with Crippen LogP contribution in [0.3, 0.4) is 0 Å². The van der Waals surface area contributed by atoms with E-state index in [1.54, 1.807) is 18.2 Å². The summed E-state index contributed by atoms with van der Waals surface area (Å²) in [4.78, 5) is 21.8. The Bertz CT molecular complexity index is 1230. The Morgan fingerprint density at radius 2 is 1.97 bits per heavy atom. The van der Waals surface area contributed by atoms with Gasteiger partial charge in [-0.25, -0.2) is 13.6 Å². The van der Waals surface area contributed by atoms with Crippen LogP contribution in [0, 0.1) is 4.91 Å². The number of nitrogens with zero attached hydrogens (tertiary/aromatic N) is 5. The molecule has 1 unspecified atom stereocenters. The van der Waals surface area contributed by atoms with Gasteiger partial charge < -0.3 is 9.66 Å². The van der Waals surface area contributed by atoms with Crippen LogP contribution in [0.25, 0.3) is 0 Å². The van der Waals surface area contributed by atoms with Crippen LogP contribution in [-0.2, 0) is 14.9 Å². The summed E-state index contributed by atoms with van der Waals surface area (Å²) in [6, 6.07) is 6.33. The molecule has 0 aliphatic carbocycles. The van der Waals surface area contributed by atoms with Crippen LogP contribution in [0.2, 0.25) is 5.02 Å². The van der Waals surface area contributed by atoms with Gasteiger partial charge in [0.15, 0.2) is 11.8 Å². The van der Waals surface area contributed by atoms with Crippen LogP contribution < -0.4 is 34.6 Å². The molecule has 12 nitrogen and oxygen atoms in total. The molecular formula is C16H12ClN5NaO7S+. The third-order valence-corrected chi connectivity index (χ3v) is 5.04. The Kier molecular flexibility index (Phi) is 7.52. The summed E-state index contributed by atoms with van der Waals surface area (Å²) >= 11 is 5.91. The van der Waals surface area contributed by atoms with Gasteiger partial charge in [0.05, 0.1) is 22.4 Å². The monoisotopic (exact) mass is 476 g/mol. The third-order valence-electron chi connectivity index (χ3n) is 3.96. The molecule has 1 heterocycles. The quantitative estimate of drug-likeness (QED) is 0.256. The van der Waals surface area contributed by atoms with E-state index in [0.717, 1.165) is 11.1 Å². The van der Waals surface area contributed by atoms with Gasteiger partial charge in [0.1, 0.15) is 20.7 Å². The van der Waals surface area contributed by atoms with Crippen LogP contribution in [-0.4, -0.2) is 45.9 Å². The first kappa shape index (κ1) is 24.8. The summed E-state index contributed by atoms with van der Waals surface area (Å²) in [5.74, 6) is -1.70. The van der Waals surface area contributed by atoms with Crippen molar-refractivity contribution < 1.29 is 62.6 Å². The molecule has 15 heteroatoms. The minimum Gasteiger partial charge on any atom is -0.744 e. The Morgan fingerprint density at radius 1 is 1.29 bits per heavy atom. The normalized spacial score (nSPS) is 16.4. The molecule has 1 aliphatic heterocycles. The molecule has 1 amide bonds. The molecule has 0 saturated carbocycles. The van der Waals surface area contributed by atoms with E-state index in [2.05, 4.69) is 15.3 Å². The predicted molar refractivity (Wildman–Crippen MR) is 101 cm³/mol. The fourth-order valence-electron chi connectivity index (χ4n) is 2.56. The van der Waals surface area contributed by atoms with Gasteiger partial charge in [-0.2, -0.15) is 20.3 Å². The Balaban J connectivity index is 0.00000341. The summed E-state index contributed by atoms with van der Waals surface area (Å²) in [5.41, 5.74) is -0.724. The van der Waals surface area contributed by atoms with Crippen LogP contribution in [0.1, 0.15) is 6.92 Å². The van der Waals surface area contributed by atoms with Crippen molar-refractivity contribution in [2.75, 3.05) is 5.01 Å². The van der Waals surface area contributed by atoms with Gasteiger partial charge in [-0.05, 0) is 25.1 Å². The van der Waals surface area contributed by atoms with Gasteiger partial charge in [0.25, 0.3) is 10.8 Å². The van der Waals surface area contributed by atoms with Crippen molar-refractivity contribution >= 4 is 50.4 Å². The molecule has 156 valence electrons. The standard InChI is InChI=1S/C16H12ClN5O7S.Na/c1-8-14(16(24)21(20-8)10-4-2-3-9(17)5-10)19-18-12-6-11(22(25)26)7-13(15(12)23)30(27,28)29;/h2-7,14H,1H3,(H2-,19,23,25,26,27,28,29);/q;+1. The Hall–Kier alpha value is -2.42. The molecule has 2 aromatic rings. The van der Waals surface area contributed by atoms with E-state index < -0.39 is 49.0 Å². The number of carbonyl (C=O) groups is 1. The number of anilines is 1. The second kappa shape index (κ2) is 9.38. The molecule has 0 fully saturated rings. The molecule has 2 aromatic carbocycles. The molecule has 0 spiro atoms. The van der Waals surface area contributed by atoms with Gasteiger partial charge in [0, 0.05) is 11.1 Å². The first-order valence-electron chi connectivity index (χ1n) is 8.03. The maximum atomic E-state index is 12.6. The molecule has 31 heavy (non-hydrogen) atoms. The van der Waals surface area contributed by atoms with Gasteiger partial charge in [-0.15, -0.1) is 0 Å². The number of azo groups is 1. The predicted octanol–water partition coefficient (Wildman–Crippen LogP) is -0.372. The summed E-state index contributed by atoms with van der Waals surface area (Å²) in [6.45, 7) is 1.49. The smallest absolute Gasteiger partial charge is 0.744 e. The topological polar surface area (TPSA) is 175 Å². The van der Waals surface area contributed by atoms with Gasteiger partial charge in [0.2, 0.25) is 0 Å². The van der Waals surface area contributed by atoms with E-state index in [9.17, 15) is 27.8 Å². The maximum absolute atomic E-state index is 12.6. The van der Waals surface area contributed by atoms with Gasteiger partial charge in [-0.3, -0.25) is 4.79 Å². The third kappa shape index (κ3) is 5.26.